The Morgan fingerprint density at radius 2 is 2.00 bits per heavy atom. The van der Waals surface area contributed by atoms with E-state index in [0.717, 1.165) is 43.1 Å². The Morgan fingerprint density at radius 1 is 1.19 bits per heavy atom. The van der Waals surface area contributed by atoms with Crippen molar-refractivity contribution in [3.63, 3.8) is 0 Å². The highest BCUT2D eigenvalue weighted by molar-refractivity contribution is 7.99. The van der Waals surface area contributed by atoms with Gasteiger partial charge in [0.25, 0.3) is 0 Å². The molecule has 2 heterocycles. The molecular weight excluding hydrogens is 280 g/mol. The fourth-order valence-corrected chi connectivity index (χ4v) is 5.23. The number of thioether (sulfide) groups is 1. The minimum absolute atomic E-state index is 0.0581. The average molecular weight is 304 g/mol. The Balaban J connectivity index is 1.46. The van der Waals surface area contributed by atoms with Crippen LogP contribution in [0.1, 0.15) is 55.3 Å². The van der Waals surface area contributed by atoms with E-state index in [9.17, 15) is 5.11 Å². The highest BCUT2D eigenvalue weighted by atomic mass is 32.2. The molecule has 3 heteroatoms. The Labute approximate surface area is 131 Å². The Hall–Kier alpha value is -0.510. The van der Waals surface area contributed by atoms with Gasteiger partial charge in [0.1, 0.15) is 0 Å². The SMILES string of the molecule is OC(c1ccc(C2CC2)cc1)C1CCOC2(CCSC2)C1. The van der Waals surface area contributed by atoms with Gasteiger partial charge in [0.05, 0.1) is 11.7 Å². The molecule has 2 saturated heterocycles. The number of rotatable bonds is 3. The molecule has 2 nitrogen and oxygen atoms in total. The zero-order valence-corrected chi connectivity index (χ0v) is 13.3. The first-order valence-corrected chi connectivity index (χ1v) is 9.41. The van der Waals surface area contributed by atoms with Gasteiger partial charge in [-0.3, -0.25) is 0 Å². The van der Waals surface area contributed by atoms with Crippen molar-refractivity contribution < 1.29 is 9.84 Å². The van der Waals surface area contributed by atoms with E-state index >= 15 is 0 Å². The highest BCUT2D eigenvalue weighted by Gasteiger charge is 2.42. The first-order valence-electron chi connectivity index (χ1n) is 8.25. The smallest absolute Gasteiger partial charge is 0.0820 e. The van der Waals surface area contributed by atoms with Crippen molar-refractivity contribution in [2.24, 2.45) is 5.92 Å². The van der Waals surface area contributed by atoms with Crippen molar-refractivity contribution in [2.75, 3.05) is 18.1 Å². The Morgan fingerprint density at radius 3 is 2.67 bits per heavy atom. The van der Waals surface area contributed by atoms with Crippen LogP contribution in [0.2, 0.25) is 0 Å². The summed E-state index contributed by atoms with van der Waals surface area (Å²) in [4.78, 5) is 0. The number of aliphatic hydroxyl groups is 1. The number of hydrogen-bond acceptors (Lipinski definition) is 3. The molecule has 1 saturated carbocycles. The molecule has 21 heavy (non-hydrogen) atoms. The summed E-state index contributed by atoms with van der Waals surface area (Å²) < 4.78 is 6.07. The maximum absolute atomic E-state index is 10.8. The van der Waals surface area contributed by atoms with Crippen LogP contribution in [0, 0.1) is 5.92 Å². The van der Waals surface area contributed by atoms with E-state index in [4.69, 9.17) is 4.74 Å². The van der Waals surface area contributed by atoms with Gasteiger partial charge >= 0.3 is 0 Å². The van der Waals surface area contributed by atoms with E-state index in [2.05, 4.69) is 24.3 Å². The molecule has 3 fully saturated rings. The number of aliphatic hydroxyl groups excluding tert-OH is 1. The van der Waals surface area contributed by atoms with Crippen LogP contribution in [0.5, 0.6) is 0 Å². The fourth-order valence-electron chi connectivity index (χ4n) is 3.85. The van der Waals surface area contributed by atoms with Crippen molar-refractivity contribution in [3.05, 3.63) is 35.4 Å². The van der Waals surface area contributed by atoms with Crippen LogP contribution in [0.25, 0.3) is 0 Å². The van der Waals surface area contributed by atoms with Gasteiger partial charge in [-0.05, 0) is 60.8 Å². The molecule has 0 amide bonds. The maximum atomic E-state index is 10.8. The summed E-state index contributed by atoms with van der Waals surface area (Å²) in [6, 6.07) is 8.72. The lowest BCUT2D eigenvalue weighted by Crippen LogP contribution is -2.41. The van der Waals surface area contributed by atoms with Crippen LogP contribution in [0.4, 0.5) is 0 Å². The van der Waals surface area contributed by atoms with E-state index in [1.54, 1.807) is 0 Å². The van der Waals surface area contributed by atoms with Crippen molar-refractivity contribution in [2.45, 2.75) is 49.7 Å². The molecule has 0 aromatic heterocycles. The summed E-state index contributed by atoms with van der Waals surface area (Å²) in [5.41, 5.74) is 2.59. The Kier molecular flexibility index (Phi) is 3.76. The topological polar surface area (TPSA) is 29.5 Å². The van der Waals surface area contributed by atoms with Gasteiger partial charge in [-0.25, -0.2) is 0 Å². The predicted molar refractivity (Wildman–Crippen MR) is 86.7 cm³/mol. The summed E-state index contributed by atoms with van der Waals surface area (Å²) in [6.45, 7) is 0.808. The molecule has 114 valence electrons. The molecule has 1 spiro atoms. The van der Waals surface area contributed by atoms with Crippen LogP contribution in [0.15, 0.2) is 24.3 Å². The highest BCUT2D eigenvalue weighted by Crippen LogP contribution is 2.44. The molecule has 4 rings (SSSR count). The number of hydrogen-bond donors (Lipinski definition) is 1. The van der Waals surface area contributed by atoms with Crippen LogP contribution in [-0.2, 0) is 4.74 Å². The normalized spacial score (nSPS) is 34.2. The van der Waals surface area contributed by atoms with Crippen molar-refractivity contribution in [1.29, 1.82) is 0 Å². The molecule has 3 unspecified atom stereocenters. The van der Waals surface area contributed by atoms with E-state index in [1.165, 1.54) is 24.2 Å². The first-order chi connectivity index (χ1) is 10.3. The third kappa shape index (κ3) is 2.88. The fraction of sp³-hybridized carbons (Fsp3) is 0.667. The molecule has 1 aromatic carbocycles. The van der Waals surface area contributed by atoms with Gasteiger partial charge in [-0.15, -0.1) is 0 Å². The number of benzene rings is 1. The molecule has 2 aliphatic heterocycles. The van der Waals surface area contributed by atoms with Gasteiger partial charge in [0.2, 0.25) is 0 Å². The number of ether oxygens (including phenoxy) is 1. The second kappa shape index (κ2) is 5.60. The zero-order valence-electron chi connectivity index (χ0n) is 12.5. The lowest BCUT2D eigenvalue weighted by molar-refractivity contribution is -0.102. The standard InChI is InChI=1S/C18H24O2S/c19-17(15-5-3-14(4-6-15)13-1-2-13)16-7-9-20-18(11-16)8-10-21-12-18/h3-6,13,16-17,19H,1-2,7-12H2. The van der Waals surface area contributed by atoms with Crippen molar-refractivity contribution in [1.82, 2.24) is 0 Å². The molecule has 3 atom stereocenters. The second-order valence-corrected chi connectivity index (χ2v) is 8.08. The Bertz CT molecular complexity index is 488. The van der Waals surface area contributed by atoms with E-state index in [1.807, 2.05) is 11.8 Å². The van der Waals surface area contributed by atoms with E-state index in [-0.39, 0.29) is 11.7 Å². The predicted octanol–water partition coefficient (Wildman–Crippen LogP) is 3.90. The van der Waals surface area contributed by atoms with E-state index < -0.39 is 0 Å². The lowest BCUT2D eigenvalue weighted by atomic mass is 9.80. The third-order valence-corrected chi connectivity index (χ3v) is 6.59. The van der Waals surface area contributed by atoms with E-state index in [0.29, 0.717) is 5.92 Å². The first kappa shape index (κ1) is 14.1. The summed E-state index contributed by atoms with van der Waals surface area (Å²) in [7, 11) is 0. The van der Waals surface area contributed by atoms with Crippen LogP contribution in [0.3, 0.4) is 0 Å². The molecule has 1 aromatic rings. The van der Waals surface area contributed by atoms with Crippen LogP contribution >= 0.6 is 11.8 Å². The average Bonchev–Trinajstić information content (AvgIpc) is 3.29. The summed E-state index contributed by atoms with van der Waals surface area (Å²) in [5.74, 6) is 3.46. The second-order valence-electron chi connectivity index (χ2n) is 6.97. The monoisotopic (exact) mass is 304 g/mol. The largest absolute Gasteiger partial charge is 0.388 e. The third-order valence-electron chi connectivity index (χ3n) is 5.37. The van der Waals surface area contributed by atoms with Crippen LogP contribution < -0.4 is 0 Å². The molecule has 3 aliphatic rings. The molecule has 1 N–H and O–H groups in total. The quantitative estimate of drug-likeness (QED) is 0.918. The summed E-state index contributed by atoms with van der Waals surface area (Å²) in [6.07, 6.45) is 5.50. The molecule has 0 radical (unpaired) electrons. The summed E-state index contributed by atoms with van der Waals surface area (Å²) >= 11 is 1.99. The summed E-state index contributed by atoms with van der Waals surface area (Å²) in [5, 5.41) is 10.8. The molecular formula is C18H24O2S. The van der Waals surface area contributed by atoms with Gasteiger partial charge in [0, 0.05) is 12.4 Å². The minimum atomic E-state index is -0.329. The zero-order chi connectivity index (χ0) is 14.3. The lowest BCUT2D eigenvalue weighted by Gasteiger charge is -2.39. The minimum Gasteiger partial charge on any atom is -0.388 e. The maximum Gasteiger partial charge on any atom is 0.0820 e. The molecule has 1 aliphatic carbocycles. The van der Waals surface area contributed by atoms with Crippen molar-refractivity contribution in [3.8, 4) is 0 Å². The van der Waals surface area contributed by atoms with Gasteiger partial charge in [-0.2, -0.15) is 11.8 Å². The van der Waals surface area contributed by atoms with Crippen LogP contribution in [-0.4, -0.2) is 28.8 Å². The molecule has 0 bridgehead atoms. The van der Waals surface area contributed by atoms with Gasteiger partial charge < -0.3 is 9.84 Å². The van der Waals surface area contributed by atoms with Crippen molar-refractivity contribution >= 4 is 11.8 Å². The van der Waals surface area contributed by atoms with Gasteiger partial charge in [-0.1, -0.05) is 24.3 Å². The van der Waals surface area contributed by atoms with Gasteiger partial charge in [0.15, 0.2) is 0 Å².